The molecule has 1 amide bonds. The van der Waals surface area contributed by atoms with Crippen molar-refractivity contribution in [1.29, 1.82) is 0 Å². The van der Waals surface area contributed by atoms with Gasteiger partial charge < -0.3 is 14.5 Å². The van der Waals surface area contributed by atoms with E-state index in [4.69, 9.17) is 9.72 Å². The molecular weight excluding hydrogens is 567 g/mol. The number of hydrogen-bond acceptors (Lipinski definition) is 7. The molecule has 6 rings (SSSR count). The Hall–Kier alpha value is -4.07. The number of benzene rings is 1. The van der Waals surface area contributed by atoms with Gasteiger partial charge in [-0.1, -0.05) is 0 Å². The Morgan fingerprint density at radius 3 is 2.54 bits per heavy atom. The van der Waals surface area contributed by atoms with Crippen molar-refractivity contribution in [3.63, 3.8) is 0 Å². The lowest BCUT2D eigenvalue weighted by atomic mass is 10.1. The molecule has 1 saturated heterocycles. The highest BCUT2D eigenvalue weighted by Crippen LogP contribution is 2.43. The van der Waals surface area contributed by atoms with Gasteiger partial charge in [-0.05, 0) is 49.7 Å². The van der Waals surface area contributed by atoms with Gasteiger partial charge in [0.05, 0.1) is 16.4 Å². The second-order valence-electron chi connectivity index (χ2n) is 9.98. The zero-order valence-electron chi connectivity index (χ0n) is 21.8. The normalized spacial score (nSPS) is 18.9. The average molecular weight is 591 g/mol. The van der Waals surface area contributed by atoms with E-state index in [1.165, 1.54) is 28.4 Å². The highest BCUT2D eigenvalue weighted by atomic mass is 32.1. The molecule has 1 aromatic carbocycles. The number of hydrogen-bond donors (Lipinski definition) is 0. The zero-order chi connectivity index (χ0) is 29.1. The predicted molar refractivity (Wildman–Crippen MR) is 141 cm³/mol. The van der Waals surface area contributed by atoms with Crippen LogP contribution >= 0.6 is 11.3 Å². The molecule has 0 saturated carbocycles. The maximum absolute atomic E-state index is 14.6. The second kappa shape index (κ2) is 10.1. The van der Waals surface area contributed by atoms with Crippen molar-refractivity contribution in [3.8, 4) is 32.7 Å². The number of ether oxygens (including phenoxy) is 1. The van der Waals surface area contributed by atoms with E-state index in [0.717, 1.165) is 27.5 Å². The van der Waals surface area contributed by atoms with E-state index >= 15 is 0 Å². The Bertz CT molecular complexity index is 1620. The van der Waals surface area contributed by atoms with Crippen LogP contribution in [0.25, 0.3) is 27.0 Å². The molecular formula is C27H23F5N6O2S. The van der Waals surface area contributed by atoms with E-state index < -0.39 is 35.8 Å². The van der Waals surface area contributed by atoms with E-state index in [9.17, 15) is 26.7 Å². The summed E-state index contributed by atoms with van der Waals surface area (Å²) in [6.07, 6.45) is -3.07. The van der Waals surface area contributed by atoms with Crippen LogP contribution in [0.4, 0.5) is 27.8 Å². The van der Waals surface area contributed by atoms with Gasteiger partial charge in [-0.2, -0.15) is 18.3 Å². The number of carbonyl (C=O) groups excluding carboxylic acids is 1. The summed E-state index contributed by atoms with van der Waals surface area (Å²) in [7, 11) is 0. The van der Waals surface area contributed by atoms with E-state index in [2.05, 4.69) is 10.1 Å². The van der Waals surface area contributed by atoms with Gasteiger partial charge in [-0.15, -0.1) is 11.3 Å². The number of fused-ring (bicyclic) bond motifs is 3. The highest BCUT2D eigenvalue weighted by Gasteiger charge is 2.47. The number of pyridine rings is 1. The number of amides is 1. The van der Waals surface area contributed by atoms with Gasteiger partial charge >= 0.3 is 12.1 Å². The van der Waals surface area contributed by atoms with Crippen molar-refractivity contribution in [2.75, 3.05) is 24.6 Å². The molecule has 0 aliphatic carbocycles. The lowest BCUT2D eigenvalue weighted by Crippen LogP contribution is -2.61. The van der Waals surface area contributed by atoms with E-state index in [1.807, 2.05) is 11.0 Å². The summed E-state index contributed by atoms with van der Waals surface area (Å²) in [5.41, 5.74) is 1.56. The summed E-state index contributed by atoms with van der Waals surface area (Å²) >= 11 is 1.37. The lowest BCUT2D eigenvalue weighted by molar-refractivity contribution is -0.190. The third-order valence-electron chi connectivity index (χ3n) is 7.12. The summed E-state index contributed by atoms with van der Waals surface area (Å²) in [4.78, 5) is 25.4. The third-order valence-corrected chi connectivity index (χ3v) is 8.30. The molecule has 214 valence electrons. The molecule has 4 aromatic rings. The number of thiophene rings is 1. The molecule has 2 atom stereocenters. The number of aromatic nitrogens is 4. The Kier molecular flexibility index (Phi) is 6.67. The second-order valence-corrected chi connectivity index (χ2v) is 11.0. The molecule has 3 aromatic heterocycles. The summed E-state index contributed by atoms with van der Waals surface area (Å²) in [5, 5.41) is 4.15. The van der Waals surface area contributed by atoms with Gasteiger partial charge in [0.25, 0.3) is 0 Å². The molecule has 0 spiro atoms. The number of nitrogens with zero attached hydrogens (tertiary/aromatic N) is 6. The fraction of sp³-hybridized carbons (Fsp3) is 0.333. The fourth-order valence-corrected chi connectivity index (χ4v) is 6.57. The molecule has 1 fully saturated rings. The van der Waals surface area contributed by atoms with Crippen molar-refractivity contribution in [2.45, 2.75) is 38.5 Å². The molecule has 5 heterocycles. The molecule has 0 unspecified atom stereocenters. The molecule has 14 heteroatoms. The van der Waals surface area contributed by atoms with Gasteiger partial charge in [-0.3, -0.25) is 4.79 Å². The van der Waals surface area contributed by atoms with Crippen LogP contribution in [-0.4, -0.2) is 68.5 Å². The Labute approximate surface area is 235 Å². The maximum atomic E-state index is 14.6. The molecule has 0 N–H and O–H groups in total. The summed E-state index contributed by atoms with van der Waals surface area (Å²) < 4.78 is 74.8. The van der Waals surface area contributed by atoms with Crippen LogP contribution in [0.3, 0.4) is 0 Å². The van der Waals surface area contributed by atoms with E-state index in [1.54, 1.807) is 26.0 Å². The van der Waals surface area contributed by atoms with Crippen LogP contribution in [0.1, 0.15) is 19.4 Å². The van der Waals surface area contributed by atoms with E-state index in [-0.39, 0.29) is 18.8 Å². The first-order valence-electron chi connectivity index (χ1n) is 12.8. The molecule has 41 heavy (non-hydrogen) atoms. The van der Waals surface area contributed by atoms with Crippen LogP contribution in [0.5, 0.6) is 5.75 Å². The number of carbonyl (C=O) groups is 1. The predicted octanol–water partition coefficient (Wildman–Crippen LogP) is 5.26. The van der Waals surface area contributed by atoms with Crippen molar-refractivity contribution in [2.24, 2.45) is 0 Å². The molecule has 2 aliphatic heterocycles. The first-order chi connectivity index (χ1) is 19.5. The maximum Gasteiger partial charge on any atom is 0.471 e. The molecule has 0 radical (unpaired) electrons. The SMILES string of the molecule is C[C@@H]1CN(c2ccc3c(n2)-c2sc(-c4ncnn4-c4ccc(F)cc4F)cc2CCO3)C[C@H](C)N1C(=O)C(F)(F)F. The van der Waals surface area contributed by atoms with Crippen LogP contribution in [0.15, 0.2) is 42.7 Å². The number of anilines is 1. The number of piperazine rings is 1. The molecule has 2 aliphatic rings. The highest BCUT2D eigenvalue weighted by molar-refractivity contribution is 7.19. The first kappa shape index (κ1) is 27.1. The minimum Gasteiger partial charge on any atom is -0.491 e. The topological polar surface area (TPSA) is 76.4 Å². The fourth-order valence-electron chi connectivity index (χ4n) is 5.38. The van der Waals surface area contributed by atoms with Crippen LogP contribution in [0.2, 0.25) is 0 Å². The van der Waals surface area contributed by atoms with Gasteiger partial charge in [0.15, 0.2) is 11.6 Å². The number of halogens is 5. The zero-order valence-corrected chi connectivity index (χ0v) is 22.6. The standard InChI is InChI=1S/C27H23F5N6O2S/c1-14-11-36(12-15(2)37(14)26(39)27(30,31)32)22-6-5-20-23(35-22)24-16(7-8-40-20)9-21(41-24)25-33-13-34-38(25)19-4-3-17(28)10-18(19)29/h3-6,9-10,13-15H,7-8,11-12H2,1-2H3/t14-,15+. The first-order valence-corrected chi connectivity index (χ1v) is 13.6. The van der Waals surface area contributed by atoms with Crippen molar-refractivity contribution >= 4 is 23.1 Å². The Morgan fingerprint density at radius 1 is 1.07 bits per heavy atom. The van der Waals surface area contributed by atoms with Gasteiger partial charge in [0.1, 0.15) is 35.1 Å². The molecule has 0 bridgehead atoms. The smallest absolute Gasteiger partial charge is 0.471 e. The van der Waals surface area contributed by atoms with Crippen LogP contribution in [0, 0.1) is 11.6 Å². The van der Waals surface area contributed by atoms with Crippen molar-refractivity contribution in [3.05, 3.63) is 59.9 Å². The Morgan fingerprint density at radius 2 is 1.83 bits per heavy atom. The van der Waals surface area contributed by atoms with Crippen molar-refractivity contribution < 1.29 is 31.5 Å². The molecule has 8 nitrogen and oxygen atoms in total. The van der Waals surface area contributed by atoms with Gasteiger partial charge in [0.2, 0.25) is 0 Å². The third kappa shape index (κ3) is 4.89. The quantitative estimate of drug-likeness (QED) is 0.303. The van der Waals surface area contributed by atoms with Crippen LogP contribution in [-0.2, 0) is 11.2 Å². The van der Waals surface area contributed by atoms with Gasteiger partial charge in [-0.25, -0.2) is 23.4 Å². The number of rotatable bonds is 3. The minimum absolute atomic E-state index is 0.0537. The van der Waals surface area contributed by atoms with Crippen LogP contribution < -0.4 is 9.64 Å². The largest absolute Gasteiger partial charge is 0.491 e. The average Bonchev–Trinajstić information content (AvgIpc) is 3.52. The Balaban J connectivity index is 1.34. The lowest BCUT2D eigenvalue weighted by Gasteiger charge is -2.45. The summed E-state index contributed by atoms with van der Waals surface area (Å²) in [6.45, 7) is 3.91. The number of alkyl halides is 3. The monoisotopic (exact) mass is 590 g/mol. The van der Waals surface area contributed by atoms with Gasteiger partial charge in [0, 0.05) is 37.7 Å². The summed E-state index contributed by atoms with van der Waals surface area (Å²) in [6, 6.07) is 7.30. The van der Waals surface area contributed by atoms with E-state index in [0.29, 0.717) is 41.0 Å². The minimum atomic E-state index is -4.94. The summed E-state index contributed by atoms with van der Waals surface area (Å²) in [5.74, 6) is -1.85. The van der Waals surface area contributed by atoms with Crippen molar-refractivity contribution in [1.82, 2.24) is 24.6 Å².